The Morgan fingerprint density at radius 2 is 2.35 bits per heavy atom. The third-order valence-corrected chi connectivity index (χ3v) is 3.93. The number of hydrogen-bond donors (Lipinski definition) is 1. The number of amides is 2. The van der Waals surface area contributed by atoms with Crippen molar-refractivity contribution in [2.75, 3.05) is 26.3 Å². The highest BCUT2D eigenvalue weighted by molar-refractivity contribution is 5.74. The van der Waals surface area contributed by atoms with Crippen LogP contribution < -0.4 is 5.32 Å². The first-order valence-corrected chi connectivity index (χ1v) is 7.41. The summed E-state index contributed by atoms with van der Waals surface area (Å²) < 4.78 is 7.36. The molecule has 0 radical (unpaired) electrons. The van der Waals surface area contributed by atoms with Crippen LogP contribution in [0.1, 0.15) is 19.3 Å². The maximum atomic E-state index is 12.3. The van der Waals surface area contributed by atoms with Gasteiger partial charge in [-0.05, 0) is 19.3 Å². The molecule has 2 heterocycles. The van der Waals surface area contributed by atoms with Gasteiger partial charge in [0.05, 0.1) is 12.9 Å². The van der Waals surface area contributed by atoms with Gasteiger partial charge in [-0.1, -0.05) is 0 Å². The van der Waals surface area contributed by atoms with Crippen LogP contribution in [0.15, 0.2) is 18.7 Å². The summed E-state index contributed by atoms with van der Waals surface area (Å²) in [4.78, 5) is 18.3. The average molecular weight is 278 g/mol. The Morgan fingerprint density at radius 3 is 3.00 bits per heavy atom. The summed E-state index contributed by atoms with van der Waals surface area (Å²) in [5, 5.41) is 3.01. The lowest BCUT2D eigenvalue weighted by atomic mass is 10.1. The number of aromatic nitrogens is 2. The SMILES string of the molecule is O=C(NCCn1ccnc1)N(C[C@H]1CCOC1)C1CC1. The van der Waals surface area contributed by atoms with Crippen molar-refractivity contribution in [1.29, 1.82) is 0 Å². The van der Waals surface area contributed by atoms with E-state index in [9.17, 15) is 4.79 Å². The number of ether oxygens (including phenoxy) is 1. The molecule has 1 atom stereocenters. The predicted molar refractivity (Wildman–Crippen MR) is 74.3 cm³/mol. The van der Waals surface area contributed by atoms with Gasteiger partial charge in [0, 0.05) is 50.6 Å². The van der Waals surface area contributed by atoms with E-state index in [1.165, 1.54) is 0 Å². The van der Waals surface area contributed by atoms with Gasteiger partial charge in [-0.25, -0.2) is 9.78 Å². The zero-order chi connectivity index (χ0) is 13.8. The number of imidazole rings is 1. The number of nitrogens with zero attached hydrogens (tertiary/aromatic N) is 3. The smallest absolute Gasteiger partial charge is 0.317 e. The molecule has 3 rings (SSSR count). The highest BCUT2D eigenvalue weighted by Gasteiger charge is 2.34. The van der Waals surface area contributed by atoms with Crippen LogP contribution in [0.25, 0.3) is 0 Å². The molecular formula is C14H22N4O2. The molecule has 1 aliphatic carbocycles. The molecule has 2 fully saturated rings. The van der Waals surface area contributed by atoms with Gasteiger partial charge < -0.3 is 19.5 Å². The fraction of sp³-hybridized carbons (Fsp3) is 0.714. The molecule has 2 aliphatic rings. The second-order valence-electron chi connectivity index (χ2n) is 5.65. The fourth-order valence-corrected chi connectivity index (χ4v) is 2.60. The molecule has 2 amide bonds. The highest BCUT2D eigenvalue weighted by atomic mass is 16.5. The lowest BCUT2D eigenvalue weighted by molar-refractivity contribution is 0.162. The van der Waals surface area contributed by atoms with Crippen molar-refractivity contribution in [3.05, 3.63) is 18.7 Å². The van der Waals surface area contributed by atoms with Crippen LogP contribution >= 0.6 is 0 Å². The summed E-state index contributed by atoms with van der Waals surface area (Å²) in [7, 11) is 0. The zero-order valence-corrected chi connectivity index (χ0v) is 11.7. The van der Waals surface area contributed by atoms with Crippen molar-refractivity contribution in [2.24, 2.45) is 5.92 Å². The quantitative estimate of drug-likeness (QED) is 0.847. The summed E-state index contributed by atoms with van der Waals surface area (Å²) in [5.74, 6) is 0.509. The molecule has 6 heteroatoms. The number of rotatable bonds is 6. The molecule has 1 aromatic heterocycles. The second kappa shape index (κ2) is 6.26. The Labute approximate surface area is 119 Å². The summed E-state index contributed by atoms with van der Waals surface area (Å²) in [6.45, 7) is 3.87. The van der Waals surface area contributed by atoms with Gasteiger partial charge in [-0.2, -0.15) is 0 Å². The van der Waals surface area contributed by atoms with Gasteiger partial charge in [-0.3, -0.25) is 0 Å². The van der Waals surface area contributed by atoms with Crippen LogP contribution in [0.4, 0.5) is 4.79 Å². The van der Waals surface area contributed by atoms with Crippen molar-refractivity contribution >= 4 is 6.03 Å². The van der Waals surface area contributed by atoms with Crippen LogP contribution in [0.3, 0.4) is 0 Å². The van der Waals surface area contributed by atoms with Crippen LogP contribution in [0.5, 0.6) is 0 Å². The number of nitrogens with one attached hydrogen (secondary N) is 1. The molecule has 1 aromatic rings. The number of carbonyl (C=O) groups excluding carboxylic acids is 1. The third kappa shape index (κ3) is 3.50. The van der Waals surface area contributed by atoms with Gasteiger partial charge in [0.15, 0.2) is 0 Å². The van der Waals surface area contributed by atoms with Crippen LogP contribution in [0.2, 0.25) is 0 Å². The lowest BCUT2D eigenvalue weighted by Crippen LogP contribution is -2.44. The van der Waals surface area contributed by atoms with E-state index in [-0.39, 0.29) is 6.03 Å². The van der Waals surface area contributed by atoms with Crippen molar-refractivity contribution in [3.63, 3.8) is 0 Å². The van der Waals surface area contributed by atoms with E-state index in [1.54, 1.807) is 12.5 Å². The molecule has 0 spiro atoms. The van der Waals surface area contributed by atoms with Gasteiger partial charge in [-0.15, -0.1) is 0 Å². The number of hydrogen-bond acceptors (Lipinski definition) is 3. The van der Waals surface area contributed by atoms with Gasteiger partial charge in [0.25, 0.3) is 0 Å². The van der Waals surface area contributed by atoms with Crippen LogP contribution in [0, 0.1) is 5.92 Å². The molecule has 1 N–H and O–H groups in total. The maximum Gasteiger partial charge on any atom is 0.317 e. The first-order valence-electron chi connectivity index (χ1n) is 7.41. The Morgan fingerprint density at radius 1 is 1.45 bits per heavy atom. The predicted octanol–water partition coefficient (Wildman–Crippen LogP) is 1.09. The minimum absolute atomic E-state index is 0.0690. The van der Waals surface area contributed by atoms with E-state index in [1.807, 2.05) is 15.7 Å². The average Bonchev–Trinajstić information content (AvgIpc) is 2.93. The van der Waals surface area contributed by atoms with Gasteiger partial charge >= 0.3 is 6.03 Å². The molecule has 6 nitrogen and oxygen atoms in total. The molecule has 0 bridgehead atoms. The highest BCUT2D eigenvalue weighted by Crippen LogP contribution is 2.28. The van der Waals surface area contributed by atoms with Crippen LogP contribution in [-0.4, -0.2) is 52.8 Å². The Bertz CT molecular complexity index is 424. The summed E-state index contributed by atoms with van der Waals surface area (Å²) in [6.07, 6.45) is 8.77. The van der Waals surface area contributed by atoms with Crippen molar-refractivity contribution in [1.82, 2.24) is 19.8 Å². The first kappa shape index (κ1) is 13.4. The minimum Gasteiger partial charge on any atom is -0.381 e. The van der Waals surface area contributed by atoms with E-state index in [2.05, 4.69) is 10.3 Å². The zero-order valence-electron chi connectivity index (χ0n) is 11.7. The summed E-state index contributed by atoms with van der Waals surface area (Å²) >= 11 is 0. The van der Waals surface area contributed by atoms with Crippen molar-refractivity contribution < 1.29 is 9.53 Å². The van der Waals surface area contributed by atoms with E-state index in [0.29, 0.717) is 18.5 Å². The first-order chi connectivity index (χ1) is 9.83. The summed E-state index contributed by atoms with van der Waals surface area (Å²) in [5.41, 5.74) is 0. The normalized spacial score (nSPS) is 21.9. The van der Waals surface area contributed by atoms with E-state index in [0.717, 1.165) is 45.6 Å². The van der Waals surface area contributed by atoms with Crippen molar-refractivity contribution in [2.45, 2.75) is 31.8 Å². The minimum atomic E-state index is 0.0690. The largest absolute Gasteiger partial charge is 0.381 e. The molecule has 0 unspecified atom stereocenters. The van der Waals surface area contributed by atoms with E-state index < -0.39 is 0 Å². The molecule has 1 saturated heterocycles. The number of urea groups is 1. The maximum absolute atomic E-state index is 12.3. The van der Waals surface area contributed by atoms with E-state index >= 15 is 0 Å². The Kier molecular flexibility index (Phi) is 4.20. The fourth-order valence-electron chi connectivity index (χ4n) is 2.60. The topological polar surface area (TPSA) is 59.4 Å². The molecule has 0 aromatic carbocycles. The summed E-state index contributed by atoms with van der Waals surface area (Å²) in [6, 6.07) is 0.517. The van der Waals surface area contributed by atoms with Gasteiger partial charge in [0.1, 0.15) is 0 Å². The molecular weight excluding hydrogens is 256 g/mol. The van der Waals surface area contributed by atoms with E-state index in [4.69, 9.17) is 4.74 Å². The van der Waals surface area contributed by atoms with Crippen LogP contribution in [-0.2, 0) is 11.3 Å². The second-order valence-corrected chi connectivity index (χ2v) is 5.65. The number of carbonyl (C=O) groups is 1. The third-order valence-electron chi connectivity index (χ3n) is 3.93. The standard InChI is InChI=1S/C14H22N4O2/c19-14(16-5-7-17-6-4-15-11-17)18(13-1-2-13)9-12-3-8-20-10-12/h4,6,11-13H,1-3,5,7-10H2,(H,16,19)/t12-/m1/s1. The lowest BCUT2D eigenvalue weighted by Gasteiger charge is -2.25. The Hall–Kier alpha value is -1.56. The molecule has 1 aliphatic heterocycles. The van der Waals surface area contributed by atoms with Crippen molar-refractivity contribution in [3.8, 4) is 0 Å². The monoisotopic (exact) mass is 278 g/mol. The molecule has 110 valence electrons. The Balaban J connectivity index is 1.45. The molecule has 20 heavy (non-hydrogen) atoms. The van der Waals surface area contributed by atoms with Gasteiger partial charge in [0.2, 0.25) is 0 Å². The molecule has 1 saturated carbocycles.